The van der Waals surface area contributed by atoms with Crippen molar-refractivity contribution in [1.29, 1.82) is 0 Å². The first-order valence-corrected chi connectivity index (χ1v) is 12.3. The first kappa shape index (κ1) is 26.2. The number of carbonyl (C=O) groups is 2. The first-order valence-electron chi connectivity index (χ1n) is 10.2. The third-order valence-corrected chi connectivity index (χ3v) is 6.69. The van der Waals surface area contributed by atoms with E-state index in [1.165, 1.54) is 24.9 Å². The highest BCUT2D eigenvalue weighted by molar-refractivity contribution is 7.99. The largest absolute Gasteiger partial charge is 0.495 e. The molecule has 2 amide bonds. The zero-order chi connectivity index (χ0) is 24.8. The number of hydrogen-bond acceptors (Lipinski definition) is 6. The number of benzene rings is 2. The molecule has 180 valence electrons. The fourth-order valence-corrected chi connectivity index (χ4v) is 4.38. The van der Waals surface area contributed by atoms with Crippen LogP contribution in [0.25, 0.3) is 0 Å². The molecule has 0 aliphatic rings. The molecular weight excluding hydrogens is 521 g/mol. The number of aromatic nitrogens is 3. The standard InChI is InChI=1S/C22H22Cl3N5O3S/c1-4-30-20(12(2)26-21(32)13-5-7-15(24)16(25)9-13)28-29-22(30)34-11-19(31)27-17-10-14(23)6-8-18(17)33-3/h5-10,12H,4,11H2,1-3H3,(H,26,32)(H,27,31)/t12-/m1/s1. The molecule has 2 N–H and O–H groups in total. The van der Waals surface area contributed by atoms with E-state index in [4.69, 9.17) is 39.5 Å². The quantitative estimate of drug-likeness (QED) is 0.347. The average Bonchev–Trinajstić information content (AvgIpc) is 3.22. The van der Waals surface area contributed by atoms with Crippen molar-refractivity contribution in [3.8, 4) is 5.75 Å². The molecule has 34 heavy (non-hydrogen) atoms. The first-order chi connectivity index (χ1) is 16.2. The Bertz CT molecular complexity index is 1200. The van der Waals surface area contributed by atoms with Crippen molar-refractivity contribution in [2.75, 3.05) is 18.2 Å². The summed E-state index contributed by atoms with van der Waals surface area (Å²) in [6.07, 6.45) is 0. The van der Waals surface area contributed by atoms with E-state index >= 15 is 0 Å². The Balaban J connectivity index is 1.65. The van der Waals surface area contributed by atoms with Crippen molar-refractivity contribution in [1.82, 2.24) is 20.1 Å². The predicted molar refractivity (Wildman–Crippen MR) is 135 cm³/mol. The second-order valence-corrected chi connectivity index (χ2v) is 9.28. The Labute approximate surface area is 216 Å². The van der Waals surface area contributed by atoms with Crippen molar-refractivity contribution in [2.45, 2.75) is 31.6 Å². The topological polar surface area (TPSA) is 98.1 Å². The number of anilines is 1. The van der Waals surface area contributed by atoms with E-state index in [0.717, 1.165) is 0 Å². The SMILES string of the molecule is CCn1c(SCC(=O)Nc2cc(Cl)ccc2OC)nnc1[C@@H](C)NC(=O)c1ccc(Cl)c(Cl)c1. The molecule has 0 fully saturated rings. The maximum Gasteiger partial charge on any atom is 0.251 e. The van der Waals surface area contributed by atoms with Crippen LogP contribution in [-0.4, -0.2) is 39.4 Å². The molecule has 2 aromatic carbocycles. The average molecular weight is 543 g/mol. The predicted octanol–water partition coefficient (Wildman–Crippen LogP) is 5.49. The second kappa shape index (κ2) is 11.8. The summed E-state index contributed by atoms with van der Waals surface area (Å²) in [4.78, 5) is 25.1. The van der Waals surface area contributed by atoms with Gasteiger partial charge < -0.3 is 19.9 Å². The summed E-state index contributed by atoms with van der Waals surface area (Å²) in [6, 6.07) is 9.20. The van der Waals surface area contributed by atoms with Crippen LogP contribution in [0.1, 0.15) is 36.1 Å². The van der Waals surface area contributed by atoms with Crippen molar-refractivity contribution >= 4 is 64.1 Å². The van der Waals surface area contributed by atoms with Gasteiger partial charge in [-0.25, -0.2) is 0 Å². The van der Waals surface area contributed by atoms with Gasteiger partial charge in [-0.05, 0) is 50.2 Å². The lowest BCUT2D eigenvalue weighted by Gasteiger charge is -2.15. The van der Waals surface area contributed by atoms with E-state index < -0.39 is 6.04 Å². The third-order valence-electron chi connectivity index (χ3n) is 4.75. The third kappa shape index (κ3) is 6.35. The fourth-order valence-electron chi connectivity index (χ4n) is 3.10. The summed E-state index contributed by atoms with van der Waals surface area (Å²) in [5.41, 5.74) is 0.864. The van der Waals surface area contributed by atoms with Crippen LogP contribution in [0.5, 0.6) is 5.75 Å². The Morgan fingerprint density at radius 3 is 2.56 bits per heavy atom. The molecule has 0 unspecified atom stereocenters. The van der Waals surface area contributed by atoms with Gasteiger partial charge in [-0.1, -0.05) is 46.6 Å². The molecule has 0 aliphatic heterocycles. The minimum atomic E-state index is -0.437. The number of thioether (sulfide) groups is 1. The summed E-state index contributed by atoms with van der Waals surface area (Å²) in [5, 5.41) is 15.8. The van der Waals surface area contributed by atoms with Gasteiger partial charge in [0, 0.05) is 17.1 Å². The zero-order valence-electron chi connectivity index (χ0n) is 18.6. The minimum Gasteiger partial charge on any atom is -0.495 e. The Kier molecular flexibility index (Phi) is 9.07. The highest BCUT2D eigenvalue weighted by Crippen LogP contribution is 2.28. The van der Waals surface area contributed by atoms with Gasteiger partial charge in [0.05, 0.1) is 34.6 Å². The normalized spacial score (nSPS) is 11.7. The molecule has 0 aliphatic carbocycles. The van der Waals surface area contributed by atoms with Crippen LogP contribution >= 0.6 is 46.6 Å². The number of carbonyl (C=O) groups excluding carboxylic acids is 2. The van der Waals surface area contributed by atoms with Crippen LogP contribution in [0.2, 0.25) is 15.1 Å². The Morgan fingerprint density at radius 1 is 1.12 bits per heavy atom. The Hall–Kier alpha value is -2.46. The molecule has 3 rings (SSSR count). The van der Waals surface area contributed by atoms with Gasteiger partial charge in [-0.2, -0.15) is 0 Å². The lowest BCUT2D eigenvalue weighted by atomic mass is 10.2. The van der Waals surface area contributed by atoms with Crippen molar-refractivity contribution < 1.29 is 14.3 Å². The van der Waals surface area contributed by atoms with Crippen molar-refractivity contribution in [3.05, 3.63) is 62.9 Å². The lowest BCUT2D eigenvalue weighted by molar-refractivity contribution is -0.113. The number of hydrogen-bond donors (Lipinski definition) is 2. The van der Waals surface area contributed by atoms with Gasteiger partial charge in [-0.3, -0.25) is 9.59 Å². The summed E-state index contributed by atoms with van der Waals surface area (Å²) in [6.45, 7) is 4.29. The molecular formula is C22H22Cl3N5O3S. The molecule has 1 heterocycles. The van der Waals surface area contributed by atoms with Crippen LogP contribution in [0.3, 0.4) is 0 Å². The van der Waals surface area contributed by atoms with Crippen molar-refractivity contribution in [2.24, 2.45) is 0 Å². The number of nitrogens with one attached hydrogen (secondary N) is 2. The molecule has 3 aromatic rings. The number of halogens is 3. The Morgan fingerprint density at radius 2 is 1.88 bits per heavy atom. The maximum absolute atomic E-state index is 12.6. The molecule has 0 saturated heterocycles. The molecule has 8 nitrogen and oxygen atoms in total. The molecule has 1 aromatic heterocycles. The van der Waals surface area contributed by atoms with Crippen LogP contribution in [0.4, 0.5) is 5.69 Å². The van der Waals surface area contributed by atoms with Gasteiger partial charge in [0.2, 0.25) is 5.91 Å². The maximum atomic E-state index is 12.6. The van der Waals surface area contributed by atoms with Crippen LogP contribution in [-0.2, 0) is 11.3 Å². The summed E-state index contributed by atoms with van der Waals surface area (Å²) in [7, 11) is 1.51. The monoisotopic (exact) mass is 541 g/mol. The summed E-state index contributed by atoms with van der Waals surface area (Å²) >= 11 is 19.2. The smallest absolute Gasteiger partial charge is 0.251 e. The van der Waals surface area contributed by atoms with E-state index in [1.807, 2.05) is 11.5 Å². The van der Waals surface area contributed by atoms with Gasteiger partial charge >= 0.3 is 0 Å². The number of rotatable bonds is 9. The fraction of sp³-hybridized carbons (Fsp3) is 0.273. The lowest BCUT2D eigenvalue weighted by Crippen LogP contribution is -2.28. The van der Waals surface area contributed by atoms with Crippen molar-refractivity contribution in [3.63, 3.8) is 0 Å². The molecule has 0 bridgehead atoms. The molecule has 0 saturated carbocycles. The zero-order valence-corrected chi connectivity index (χ0v) is 21.6. The van der Waals surface area contributed by atoms with E-state index in [2.05, 4.69) is 20.8 Å². The second-order valence-electron chi connectivity index (χ2n) is 7.09. The number of nitrogens with zero attached hydrogens (tertiary/aromatic N) is 3. The molecule has 0 spiro atoms. The van der Waals surface area contributed by atoms with Crippen LogP contribution in [0.15, 0.2) is 41.6 Å². The van der Waals surface area contributed by atoms with Crippen LogP contribution in [0, 0.1) is 0 Å². The summed E-state index contributed by atoms with van der Waals surface area (Å²) < 4.78 is 7.10. The van der Waals surface area contributed by atoms with E-state index in [-0.39, 0.29) is 17.6 Å². The number of amides is 2. The van der Waals surface area contributed by atoms with Crippen LogP contribution < -0.4 is 15.4 Å². The van der Waals surface area contributed by atoms with E-state index in [0.29, 0.717) is 49.6 Å². The molecule has 12 heteroatoms. The number of methoxy groups -OCH3 is 1. The van der Waals surface area contributed by atoms with Gasteiger partial charge in [0.15, 0.2) is 11.0 Å². The summed E-state index contributed by atoms with van der Waals surface area (Å²) in [5.74, 6) is 0.598. The highest BCUT2D eigenvalue weighted by Gasteiger charge is 2.21. The van der Waals surface area contributed by atoms with E-state index in [1.54, 1.807) is 37.3 Å². The molecule has 1 atom stereocenters. The highest BCUT2D eigenvalue weighted by atomic mass is 35.5. The van der Waals surface area contributed by atoms with Gasteiger partial charge in [-0.15, -0.1) is 10.2 Å². The van der Waals surface area contributed by atoms with Gasteiger partial charge in [0.25, 0.3) is 5.91 Å². The minimum absolute atomic E-state index is 0.0951. The van der Waals surface area contributed by atoms with Gasteiger partial charge in [0.1, 0.15) is 5.75 Å². The molecule has 0 radical (unpaired) electrons. The van der Waals surface area contributed by atoms with E-state index in [9.17, 15) is 9.59 Å². The number of ether oxygens (including phenoxy) is 1.